The standard InChI is InChI=1S/C18H23N5O/c19-17(24)16-7-4-8-23(13-16)12-15-10-21-18(22-11-15)20-9-14-5-2-1-3-6-14/h1-3,5-6,10-11,16H,4,7-9,12-13H2,(H2,19,24)(H,20,21,22)/t16-/m1/s1. The van der Waals surface area contributed by atoms with E-state index in [0.717, 1.165) is 38.0 Å². The molecule has 1 aromatic heterocycles. The van der Waals surface area contributed by atoms with E-state index < -0.39 is 0 Å². The van der Waals surface area contributed by atoms with Gasteiger partial charge in [-0.2, -0.15) is 0 Å². The van der Waals surface area contributed by atoms with Gasteiger partial charge in [-0.15, -0.1) is 0 Å². The molecule has 0 aliphatic carbocycles. The van der Waals surface area contributed by atoms with E-state index >= 15 is 0 Å². The number of carbonyl (C=O) groups excluding carboxylic acids is 1. The Balaban J connectivity index is 1.52. The first kappa shape index (κ1) is 16.4. The van der Waals surface area contributed by atoms with Gasteiger partial charge < -0.3 is 11.1 Å². The molecule has 0 bridgehead atoms. The number of aromatic nitrogens is 2. The van der Waals surface area contributed by atoms with Crippen molar-refractivity contribution >= 4 is 11.9 Å². The van der Waals surface area contributed by atoms with Crippen LogP contribution in [0, 0.1) is 5.92 Å². The minimum absolute atomic E-state index is 0.0357. The van der Waals surface area contributed by atoms with Gasteiger partial charge in [0.2, 0.25) is 11.9 Å². The summed E-state index contributed by atoms with van der Waals surface area (Å²) >= 11 is 0. The Kier molecular flexibility index (Phi) is 5.38. The van der Waals surface area contributed by atoms with Crippen LogP contribution in [0.1, 0.15) is 24.0 Å². The van der Waals surface area contributed by atoms with Crippen molar-refractivity contribution in [2.45, 2.75) is 25.9 Å². The van der Waals surface area contributed by atoms with Crippen molar-refractivity contribution in [3.8, 4) is 0 Å². The van der Waals surface area contributed by atoms with Gasteiger partial charge >= 0.3 is 0 Å². The molecule has 0 saturated carbocycles. The molecule has 3 N–H and O–H groups in total. The van der Waals surface area contributed by atoms with Crippen LogP contribution in [-0.2, 0) is 17.9 Å². The lowest BCUT2D eigenvalue weighted by molar-refractivity contribution is -0.123. The average Bonchev–Trinajstić information content (AvgIpc) is 2.62. The zero-order valence-corrected chi connectivity index (χ0v) is 13.7. The Labute approximate surface area is 142 Å². The van der Waals surface area contributed by atoms with Crippen LogP contribution in [-0.4, -0.2) is 33.9 Å². The monoisotopic (exact) mass is 325 g/mol. The fourth-order valence-corrected chi connectivity index (χ4v) is 2.99. The fourth-order valence-electron chi connectivity index (χ4n) is 2.99. The van der Waals surface area contributed by atoms with Gasteiger partial charge in [0.15, 0.2) is 0 Å². The van der Waals surface area contributed by atoms with E-state index in [9.17, 15) is 4.79 Å². The number of nitrogens with one attached hydrogen (secondary N) is 1. The van der Waals surface area contributed by atoms with Gasteiger partial charge in [0.25, 0.3) is 0 Å². The molecule has 1 amide bonds. The smallest absolute Gasteiger partial charge is 0.222 e. The molecule has 1 atom stereocenters. The highest BCUT2D eigenvalue weighted by Crippen LogP contribution is 2.18. The second kappa shape index (κ2) is 7.88. The van der Waals surface area contributed by atoms with Crippen LogP contribution in [0.4, 0.5) is 5.95 Å². The summed E-state index contributed by atoms with van der Waals surface area (Å²) in [4.78, 5) is 22.3. The molecule has 0 spiro atoms. The van der Waals surface area contributed by atoms with Crippen molar-refractivity contribution in [2.75, 3.05) is 18.4 Å². The lowest BCUT2D eigenvalue weighted by Crippen LogP contribution is -2.40. The maximum Gasteiger partial charge on any atom is 0.222 e. The van der Waals surface area contributed by atoms with Crippen LogP contribution < -0.4 is 11.1 Å². The number of rotatable bonds is 6. The van der Waals surface area contributed by atoms with Gasteiger partial charge in [-0.25, -0.2) is 9.97 Å². The van der Waals surface area contributed by atoms with E-state index in [-0.39, 0.29) is 11.8 Å². The molecular formula is C18H23N5O. The largest absolute Gasteiger partial charge is 0.369 e. The van der Waals surface area contributed by atoms with E-state index in [1.54, 1.807) is 0 Å². The second-order valence-corrected chi connectivity index (χ2v) is 6.23. The topological polar surface area (TPSA) is 84.1 Å². The van der Waals surface area contributed by atoms with Crippen LogP contribution >= 0.6 is 0 Å². The van der Waals surface area contributed by atoms with Crippen molar-refractivity contribution < 1.29 is 4.79 Å². The van der Waals surface area contributed by atoms with Gasteiger partial charge in [0, 0.05) is 37.6 Å². The Hall–Kier alpha value is -2.47. The number of piperidine rings is 1. The maximum absolute atomic E-state index is 11.3. The van der Waals surface area contributed by atoms with Gasteiger partial charge in [0.1, 0.15) is 0 Å². The molecule has 1 fully saturated rings. The lowest BCUT2D eigenvalue weighted by atomic mass is 9.97. The molecule has 2 heterocycles. The molecule has 6 heteroatoms. The summed E-state index contributed by atoms with van der Waals surface area (Å²) in [5, 5.41) is 3.22. The van der Waals surface area contributed by atoms with E-state index in [0.29, 0.717) is 12.5 Å². The number of anilines is 1. The van der Waals surface area contributed by atoms with Crippen LogP contribution in [0.25, 0.3) is 0 Å². The number of primary amides is 1. The van der Waals surface area contributed by atoms with Crippen molar-refractivity contribution in [3.05, 3.63) is 53.9 Å². The fraction of sp³-hybridized carbons (Fsp3) is 0.389. The Morgan fingerprint density at radius 2 is 1.96 bits per heavy atom. The number of likely N-dealkylation sites (tertiary alicyclic amines) is 1. The summed E-state index contributed by atoms with van der Waals surface area (Å²) in [7, 11) is 0. The van der Waals surface area contributed by atoms with Crippen molar-refractivity contribution in [2.24, 2.45) is 11.7 Å². The molecule has 1 aliphatic heterocycles. The minimum Gasteiger partial charge on any atom is -0.369 e. The van der Waals surface area contributed by atoms with Gasteiger partial charge in [0.05, 0.1) is 5.92 Å². The van der Waals surface area contributed by atoms with E-state index in [2.05, 4.69) is 32.3 Å². The molecule has 6 nitrogen and oxygen atoms in total. The third kappa shape index (κ3) is 4.52. The SMILES string of the molecule is NC(=O)[C@@H]1CCCN(Cc2cnc(NCc3ccccc3)nc2)C1. The number of carbonyl (C=O) groups is 1. The van der Waals surface area contributed by atoms with Crippen molar-refractivity contribution in [3.63, 3.8) is 0 Å². The van der Waals surface area contributed by atoms with Gasteiger partial charge in [-0.3, -0.25) is 9.69 Å². The molecule has 1 aliphatic rings. The first-order valence-electron chi connectivity index (χ1n) is 8.31. The van der Waals surface area contributed by atoms with E-state index in [4.69, 9.17) is 5.73 Å². The molecule has 3 rings (SSSR count). The van der Waals surface area contributed by atoms with E-state index in [1.807, 2.05) is 30.6 Å². The predicted octanol–water partition coefficient (Wildman–Crippen LogP) is 1.79. The molecule has 1 aromatic carbocycles. The van der Waals surface area contributed by atoms with Gasteiger partial charge in [-0.05, 0) is 24.9 Å². The second-order valence-electron chi connectivity index (χ2n) is 6.23. The quantitative estimate of drug-likeness (QED) is 0.846. The molecule has 24 heavy (non-hydrogen) atoms. The van der Waals surface area contributed by atoms with Crippen LogP contribution in [0.2, 0.25) is 0 Å². The minimum atomic E-state index is -0.198. The number of nitrogens with two attached hydrogens (primary N) is 1. The summed E-state index contributed by atoms with van der Waals surface area (Å²) in [6, 6.07) is 10.1. The first-order valence-corrected chi connectivity index (χ1v) is 8.31. The molecule has 0 radical (unpaired) electrons. The maximum atomic E-state index is 11.3. The Bertz CT molecular complexity index is 659. The third-order valence-corrected chi connectivity index (χ3v) is 4.31. The first-order chi connectivity index (χ1) is 11.7. The number of hydrogen-bond acceptors (Lipinski definition) is 5. The summed E-state index contributed by atoms with van der Waals surface area (Å²) in [6.07, 6.45) is 5.58. The Morgan fingerprint density at radius 1 is 1.21 bits per heavy atom. The number of benzene rings is 1. The Morgan fingerprint density at radius 3 is 2.67 bits per heavy atom. The van der Waals surface area contributed by atoms with Crippen LogP contribution in [0.15, 0.2) is 42.7 Å². The zero-order chi connectivity index (χ0) is 16.8. The third-order valence-electron chi connectivity index (χ3n) is 4.31. The average molecular weight is 325 g/mol. The summed E-state index contributed by atoms with van der Waals surface area (Å²) in [5.74, 6) is 0.388. The highest BCUT2D eigenvalue weighted by Gasteiger charge is 2.23. The summed E-state index contributed by atoms with van der Waals surface area (Å²) in [5.41, 5.74) is 7.66. The highest BCUT2D eigenvalue weighted by molar-refractivity contribution is 5.76. The molecule has 1 saturated heterocycles. The molecule has 2 aromatic rings. The predicted molar refractivity (Wildman–Crippen MR) is 93.0 cm³/mol. The van der Waals surface area contributed by atoms with Gasteiger partial charge in [-0.1, -0.05) is 30.3 Å². The van der Waals surface area contributed by atoms with E-state index in [1.165, 1.54) is 5.56 Å². The number of nitrogens with zero attached hydrogens (tertiary/aromatic N) is 3. The highest BCUT2D eigenvalue weighted by atomic mass is 16.1. The number of amides is 1. The summed E-state index contributed by atoms with van der Waals surface area (Å²) < 4.78 is 0. The number of hydrogen-bond donors (Lipinski definition) is 2. The lowest BCUT2D eigenvalue weighted by Gasteiger charge is -2.30. The summed E-state index contributed by atoms with van der Waals surface area (Å²) in [6.45, 7) is 3.16. The molecule has 0 unspecified atom stereocenters. The van der Waals surface area contributed by atoms with Crippen LogP contribution in [0.3, 0.4) is 0 Å². The van der Waals surface area contributed by atoms with Crippen molar-refractivity contribution in [1.29, 1.82) is 0 Å². The molecular weight excluding hydrogens is 302 g/mol. The molecule has 126 valence electrons. The normalized spacial score (nSPS) is 18.2. The van der Waals surface area contributed by atoms with Crippen LogP contribution in [0.5, 0.6) is 0 Å². The van der Waals surface area contributed by atoms with Crippen molar-refractivity contribution in [1.82, 2.24) is 14.9 Å². The zero-order valence-electron chi connectivity index (χ0n) is 13.7.